The molecule has 0 fully saturated rings. The zero-order valence-electron chi connectivity index (χ0n) is 35.8. The van der Waals surface area contributed by atoms with Gasteiger partial charge in [-0.25, -0.2) is 0 Å². The van der Waals surface area contributed by atoms with Crippen LogP contribution in [0.2, 0.25) is 0 Å². The van der Waals surface area contributed by atoms with E-state index in [1.807, 2.05) is 0 Å². The largest absolute Gasteiger partial charge is 0.310 e. The topological polar surface area (TPSA) is 3.24 Å². The number of fused-ring (bicyclic) bond motifs is 7. The molecule has 0 aliphatic rings. The summed E-state index contributed by atoms with van der Waals surface area (Å²) in [4.78, 5) is 2.41. The fourth-order valence-electron chi connectivity index (χ4n) is 10.0. The number of hydrogen-bond donors (Lipinski definition) is 0. The molecule has 0 bridgehead atoms. The van der Waals surface area contributed by atoms with E-state index < -0.39 is 0 Å². The highest BCUT2D eigenvalue weighted by molar-refractivity contribution is 6.33. The van der Waals surface area contributed by atoms with Crippen LogP contribution in [0.5, 0.6) is 0 Å². The summed E-state index contributed by atoms with van der Waals surface area (Å²) in [6.07, 6.45) is 0. The zero-order valence-corrected chi connectivity index (χ0v) is 35.8. The van der Waals surface area contributed by atoms with Crippen molar-refractivity contribution in [3.63, 3.8) is 0 Å². The van der Waals surface area contributed by atoms with E-state index in [2.05, 4.69) is 266 Å². The van der Waals surface area contributed by atoms with Gasteiger partial charge in [0.15, 0.2) is 0 Å². The van der Waals surface area contributed by atoms with Gasteiger partial charge in [-0.3, -0.25) is 0 Å². The number of hydrogen-bond acceptors (Lipinski definition) is 1. The molecule has 0 N–H and O–H groups in total. The van der Waals surface area contributed by atoms with E-state index >= 15 is 0 Å². The first kappa shape index (κ1) is 38.2. The lowest BCUT2D eigenvalue weighted by atomic mass is 9.81. The predicted octanol–water partition coefficient (Wildman–Crippen LogP) is 18.1. The van der Waals surface area contributed by atoms with Crippen molar-refractivity contribution in [3.8, 4) is 55.6 Å². The summed E-state index contributed by atoms with van der Waals surface area (Å²) in [6.45, 7) is 0. The second kappa shape index (κ2) is 16.3. The van der Waals surface area contributed by atoms with E-state index in [1.54, 1.807) is 0 Å². The standard InChI is InChI=1S/C64H43N/c1-5-18-44(19-6-1)45-32-36-51(37-33-45)65(52-38-34-49(35-39-52)55-31-17-27-46-24-13-14-28-54(46)55)53-40-41-58-61(42-53)56-29-15-16-30-57(56)63-60(48-22-9-3-10-23-48)43-59(47-20-7-2-8-21-47)62(64(58)63)50-25-11-4-12-26-50/h1-43H. The summed E-state index contributed by atoms with van der Waals surface area (Å²) < 4.78 is 0. The number of rotatable bonds is 8. The van der Waals surface area contributed by atoms with Gasteiger partial charge in [-0.15, -0.1) is 0 Å². The van der Waals surface area contributed by atoms with Crippen molar-refractivity contribution in [3.05, 3.63) is 261 Å². The molecular formula is C64H43N. The third-order valence-corrected chi connectivity index (χ3v) is 13.0. The van der Waals surface area contributed by atoms with Gasteiger partial charge < -0.3 is 4.90 Å². The van der Waals surface area contributed by atoms with Crippen LogP contribution < -0.4 is 4.90 Å². The second-order valence-electron chi connectivity index (χ2n) is 16.8. The first-order valence-corrected chi connectivity index (χ1v) is 22.4. The summed E-state index contributed by atoms with van der Waals surface area (Å²) in [5, 5.41) is 9.93. The molecule has 0 atom stereocenters. The van der Waals surface area contributed by atoms with Crippen molar-refractivity contribution >= 4 is 60.2 Å². The predicted molar refractivity (Wildman–Crippen MR) is 278 cm³/mol. The highest BCUT2D eigenvalue weighted by Crippen LogP contribution is 2.50. The molecule has 0 radical (unpaired) electrons. The first-order valence-electron chi connectivity index (χ1n) is 22.4. The summed E-state index contributed by atoms with van der Waals surface area (Å²) in [6, 6.07) is 95.3. The lowest BCUT2D eigenvalue weighted by Crippen LogP contribution is -2.10. The Balaban J connectivity index is 1.13. The Morgan fingerprint density at radius 3 is 1.31 bits per heavy atom. The molecule has 0 amide bonds. The smallest absolute Gasteiger partial charge is 0.0468 e. The minimum Gasteiger partial charge on any atom is -0.310 e. The van der Waals surface area contributed by atoms with Crippen LogP contribution in [0.1, 0.15) is 0 Å². The van der Waals surface area contributed by atoms with Gasteiger partial charge in [0.2, 0.25) is 0 Å². The Kier molecular flexibility index (Phi) is 9.58. The minimum absolute atomic E-state index is 1.09. The minimum atomic E-state index is 1.09. The molecule has 12 aromatic carbocycles. The Hall–Kier alpha value is -8.52. The van der Waals surface area contributed by atoms with Gasteiger partial charge in [0.1, 0.15) is 0 Å². The van der Waals surface area contributed by atoms with E-state index in [-0.39, 0.29) is 0 Å². The molecule has 0 heterocycles. The maximum atomic E-state index is 2.44. The quantitative estimate of drug-likeness (QED) is 0.138. The molecule has 0 unspecified atom stereocenters. The van der Waals surface area contributed by atoms with Crippen LogP contribution in [0.25, 0.3) is 98.7 Å². The van der Waals surface area contributed by atoms with Gasteiger partial charge >= 0.3 is 0 Å². The number of anilines is 3. The van der Waals surface area contributed by atoms with E-state index in [1.165, 1.54) is 98.7 Å². The Morgan fingerprint density at radius 1 is 0.215 bits per heavy atom. The van der Waals surface area contributed by atoms with Crippen molar-refractivity contribution in [2.45, 2.75) is 0 Å². The molecule has 65 heavy (non-hydrogen) atoms. The molecule has 0 aliphatic heterocycles. The molecule has 12 rings (SSSR count). The van der Waals surface area contributed by atoms with Crippen molar-refractivity contribution in [2.75, 3.05) is 4.90 Å². The maximum absolute atomic E-state index is 2.44. The molecule has 0 saturated heterocycles. The lowest BCUT2D eigenvalue weighted by Gasteiger charge is -2.27. The molecule has 0 spiro atoms. The number of benzene rings is 12. The van der Waals surface area contributed by atoms with Gasteiger partial charge in [0, 0.05) is 17.1 Å². The van der Waals surface area contributed by atoms with Crippen LogP contribution in [0.3, 0.4) is 0 Å². The molecular weight excluding hydrogens is 783 g/mol. The normalized spacial score (nSPS) is 11.4. The van der Waals surface area contributed by atoms with Gasteiger partial charge in [0.05, 0.1) is 0 Å². The molecule has 1 nitrogen and oxygen atoms in total. The van der Waals surface area contributed by atoms with E-state index in [9.17, 15) is 0 Å². The summed E-state index contributed by atoms with van der Waals surface area (Å²) in [7, 11) is 0. The average Bonchev–Trinajstić information content (AvgIpc) is 3.39. The third kappa shape index (κ3) is 6.82. The highest BCUT2D eigenvalue weighted by atomic mass is 15.1. The van der Waals surface area contributed by atoms with Gasteiger partial charge in [-0.1, -0.05) is 218 Å². The fraction of sp³-hybridized carbons (Fsp3) is 0. The van der Waals surface area contributed by atoms with Crippen LogP contribution >= 0.6 is 0 Å². The van der Waals surface area contributed by atoms with Crippen LogP contribution in [-0.2, 0) is 0 Å². The number of nitrogens with zero attached hydrogens (tertiary/aromatic N) is 1. The lowest BCUT2D eigenvalue weighted by molar-refractivity contribution is 1.29. The van der Waals surface area contributed by atoms with Crippen molar-refractivity contribution in [1.82, 2.24) is 0 Å². The van der Waals surface area contributed by atoms with Crippen LogP contribution in [0.4, 0.5) is 17.1 Å². The van der Waals surface area contributed by atoms with Crippen molar-refractivity contribution in [1.29, 1.82) is 0 Å². The van der Waals surface area contributed by atoms with Crippen molar-refractivity contribution in [2.24, 2.45) is 0 Å². The summed E-state index contributed by atoms with van der Waals surface area (Å²) in [5.41, 5.74) is 15.4. The fourth-order valence-corrected chi connectivity index (χ4v) is 10.0. The van der Waals surface area contributed by atoms with Crippen LogP contribution in [-0.4, -0.2) is 0 Å². The van der Waals surface area contributed by atoms with Crippen molar-refractivity contribution < 1.29 is 0 Å². The SMILES string of the molecule is c1ccc(-c2ccc(N(c3ccc(-c4cccc5ccccc45)cc3)c3ccc4c(c3)c3ccccc3c3c(-c5ccccc5)cc(-c5ccccc5)c(-c5ccccc5)c43)cc2)cc1. The van der Waals surface area contributed by atoms with Crippen LogP contribution in [0.15, 0.2) is 261 Å². The molecule has 304 valence electrons. The van der Waals surface area contributed by atoms with Gasteiger partial charge in [-0.05, 0) is 141 Å². The van der Waals surface area contributed by atoms with E-state index in [4.69, 9.17) is 0 Å². The first-order chi connectivity index (χ1) is 32.3. The summed E-state index contributed by atoms with van der Waals surface area (Å²) >= 11 is 0. The maximum Gasteiger partial charge on any atom is 0.0468 e. The van der Waals surface area contributed by atoms with E-state index in [0.29, 0.717) is 0 Å². The Morgan fingerprint density at radius 2 is 0.662 bits per heavy atom. The monoisotopic (exact) mass is 825 g/mol. The molecule has 0 aliphatic carbocycles. The molecule has 0 saturated carbocycles. The van der Waals surface area contributed by atoms with Gasteiger partial charge in [-0.2, -0.15) is 0 Å². The molecule has 0 aromatic heterocycles. The second-order valence-corrected chi connectivity index (χ2v) is 16.8. The third-order valence-electron chi connectivity index (χ3n) is 13.0. The molecule has 1 heteroatoms. The Labute approximate surface area is 379 Å². The van der Waals surface area contributed by atoms with E-state index in [0.717, 1.165) is 17.1 Å². The van der Waals surface area contributed by atoms with Gasteiger partial charge in [0.25, 0.3) is 0 Å². The summed E-state index contributed by atoms with van der Waals surface area (Å²) in [5.74, 6) is 0. The average molecular weight is 826 g/mol. The highest BCUT2D eigenvalue weighted by Gasteiger charge is 2.23. The van der Waals surface area contributed by atoms with Crippen LogP contribution in [0, 0.1) is 0 Å². The zero-order chi connectivity index (χ0) is 43.1. The Bertz CT molecular complexity index is 3650. The molecule has 12 aromatic rings.